The lowest BCUT2D eigenvalue weighted by Crippen LogP contribution is -2.19. The lowest BCUT2D eigenvalue weighted by Gasteiger charge is -2.21. The predicted molar refractivity (Wildman–Crippen MR) is 109 cm³/mol. The van der Waals surface area contributed by atoms with Gasteiger partial charge in [-0.2, -0.15) is 13.2 Å². The molecule has 1 N–H and O–H groups in total. The first-order valence-corrected chi connectivity index (χ1v) is 9.86. The zero-order valence-corrected chi connectivity index (χ0v) is 16.8. The van der Waals surface area contributed by atoms with E-state index in [2.05, 4.69) is 15.1 Å². The molecule has 0 bridgehead atoms. The second kappa shape index (κ2) is 7.88. The summed E-state index contributed by atoms with van der Waals surface area (Å²) in [6.07, 6.45) is -1.23. The largest absolute Gasteiger partial charge is 0.417 e. The number of nitrogens with zero attached hydrogens (tertiary/aromatic N) is 3. The normalized spacial score (nSPS) is 13.4. The number of aromatic amines is 1. The summed E-state index contributed by atoms with van der Waals surface area (Å²) in [5.74, 6) is -0.650. The second-order valence-corrected chi connectivity index (χ2v) is 7.52. The van der Waals surface area contributed by atoms with Gasteiger partial charge in [0.25, 0.3) is 0 Å². The van der Waals surface area contributed by atoms with E-state index in [0.717, 1.165) is 17.8 Å². The van der Waals surface area contributed by atoms with Crippen molar-refractivity contribution in [3.05, 3.63) is 89.1 Å². The van der Waals surface area contributed by atoms with Gasteiger partial charge in [-0.1, -0.05) is 17.3 Å². The maximum atomic E-state index is 14.1. The Morgan fingerprint density at radius 2 is 1.85 bits per heavy atom. The van der Waals surface area contributed by atoms with Gasteiger partial charge in [0, 0.05) is 17.8 Å². The summed E-state index contributed by atoms with van der Waals surface area (Å²) in [6, 6.07) is 10.1. The number of hydrogen-bond donors (Lipinski definition) is 1. The van der Waals surface area contributed by atoms with Crippen molar-refractivity contribution in [3.63, 3.8) is 0 Å². The molecule has 0 saturated carbocycles. The van der Waals surface area contributed by atoms with E-state index >= 15 is 0 Å². The fraction of sp³-hybridized carbons (Fsp3) is 0.130. The number of fused-ring (bicyclic) bond motifs is 1. The number of nitrogens with one attached hydrogen (secondary N) is 1. The lowest BCUT2D eigenvalue weighted by molar-refractivity contribution is -0.137. The van der Waals surface area contributed by atoms with Crippen LogP contribution in [0.15, 0.2) is 59.3 Å². The summed E-state index contributed by atoms with van der Waals surface area (Å²) in [5, 5.41) is 3.74. The summed E-state index contributed by atoms with van der Waals surface area (Å²) in [6.45, 7) is 0.618. The Bertz CT molecular complexity index is 1360. The van der Waals surface area contributed by atoms with E-state index in [1.807, 2.05) is 4.90 Å². The molecule has 10 heteroatoms. The molecule has 5 rings (SSSR count). The summed E-state index contributed by atoms with van der Waals surface area (Å²) >= 11 is 0. The van der Waals surface area contributed by atoms with Crippen LogP contribution in [0.4, 0.5) is 22.0 Å². The molecule has 0 aliphatic carbocycles. The molecule has 168 valence electrons. The van der Waals surface area contributed by atoms with Crippen molar-refractivity contribution in [3.8, 4) is 22.6 Å². The molecular formula is C23H15F5N4O. The van der Waals surface area contributed by atoms with Crippen molar-refractivity contribution in [1.29, 1.82) is 0 Å². The van der Waals surface area contributed by atoms with Crippen molar-refractivity contribution in [2.45, 2.75) is 19.3 Å². The standard InChI is InChI=1S/C23H15F5N4O/c24-13-5-6-15(17(9-13)23(26,27)28)20-10-14(33-31-20)11-32-8-7-19-21(12-32)30-22(29-19)16-3-1-2-4-18(16)25/h1-10H,11-12H2,(H,29,30). The zero-order valence-electron chi connectivity index (χ0n) is 16.8. The van der Waals surface area contributed by atoms with E-state index in [4.69, 9.17) is 4.52 Å². The fourth-order valence-corrected chi connectivity index (χ4v) is 3.69. The first-order valence-electron chi connectivity index (χ1n) is 9.86. The molecule has 0 fully saturated rings. The van der Waals surface area contributed by atoms with Crippen LogP contribution in [0, 0.1) is 11.6 Å². The van der Waals surface area contributed by atoms with Crippen LogP contribution in [0.2, 0.25) is 0 Å². The average molecular weight is 458 g/mol. The Morgan fingerprint density at radius 1 is 1.03 bits per heavy atom. The Labute approximate surface area is 184 Å². The van der Waals surface area contributed by atoms with Gasteiger partial charge in [-0.3, -0.25) is 0 Å². The van der Waals surface area contributed by atoms with Crippen LogP contribution in [0.3, 0.4) is 0 Å². The first kappa shape index (κ1) is 20.9. The Morgan fingerprint density at radius 3 is 2.64 bits per heavy atom. The molecule has 3 heterocycles. The van der Waals surface area contributed by atoms with Crippen molar-refractivity contribution >= 4 is 6.08 Å². The number of aromatic nitrogens is 3. The first-order chi connectivity index (χ1) is 15.8. The zero-order chi connectivity index (χ0) is 23.2. The van der Waals surface area contributed by atoms with Crippen LogP contribution in [0.5, 0.6) is 0 Å². The Hall–Kier alpha value is -3.95. The van der Waals surface area contributed by atoms with Crippen molar-refractivity contribution in [1.82, 2.24) is 20.0 Å². The van der Waals surface area contributed by atoms with Crippen LogP contribution in [0.25, 0.3) is 28.7 Å². The van der Waals surface area contributed by atoms with Gasteiger partial charge in [0.05, 0.1) is 35.6 Å². The molecule has 0 unspecified atom stereocenters. The highest BCUT2D eigenvalue weighted by Crippen LogP contribution is 2.37. The summed E-state index contributed by atoms with van der Waals surface area (Å²) in [5.41, 5.74) is 0.354. The molecular weight excluding hydrogens is 443 g/mol. The van der Waals surface area contributed by atoms with Crippen LogP contribution >= 0.6 is 0 Å². The number of alkyl halides is 3. The van der Waals surface area contributed by atoms with E-state index in [9.17, 15) is 22.0 Å². The maximum Gasteiger partial charge on any atom is 0.417 e. The number of benzene rings is 2. The molecule has 0 atom stereocenters. The highest BCUT2D eigenvalue weighted by molar-refractivity contribution is 5.64. The molecule has 0 saturated heterocycles. The summed E-state index contributed by atoms with van der Waals surface area (Å²) < 4.78 is 72.6. The van der Waals surface area contributed by atoms with Gasteiger partial charge in [-0.05, 0) is 36.4 Å². The van der Waals surface area contributed by atoms with Crippen LogP contribution in [-0.4, -0.2) is 20.0 Å². The third kappa shape index (κ3) is 4.11. The molecule has 33 heavy (non-hydrogen) atoms. The third-order valence-corrected chi connectivity index (χ3v) is 5.22. The van der Waals surface area contributed by atoms with Gasteiger partial charge in [-0.25, -0.2) is 13.8 Å². The fourth-order valence-electron chi connectivity index (χ4n) is 3.69. The van der Waals surface area contributed by atoms with Crippen molar-refractivity contribution < 1.29 is 26.5 Å². The highest BCUT2D eigenvalue weighted by Gasteiger charge is 2.35. The molecule has 2 aromatic carbocycles. The minimum atomic E-state index is -4.74. The van der Waals surface area contributed by atoms with Crippen LogP contribution < -0.4 is 0 Å². The highest BCUT2D eigenvalue weighted by atomic mass is 19.4. The number of H-pyrrole nitrogens is 1. The minimum absolute atomic E-state index is 0.0395. The van der Waals surface area contributed by atoms with Gasteiger partial charge in [0.1, 0.15) is 23.2 Å². The van der Waals surface area contributed by atoms with E-state index in [0.29, 0.717) is 35.5 Å². The van der Waals surface area contributed by atoms with E-state index in [-0.39, 0.29) is 17.8 Å². The van der Waals surface area contributed by atoms with Gasteiger partial charge in [0.15, 0.2) is 5.76 Å². The Kier molecular flexibility index (Phi) is 4.99. The van der Waals surface area contributed by atoms with Crippen molar-refractivity contribution in [2.24, 2.45) is 0 Å². The van der Waals surface area contributed by atoms with Crippen LogP contribution in [-0.2, 0) is 19.3 Å². The number of imidazole rings is 1. The molecule has 0 radical (unpaired) electrons. The Balaban J connectivity index is 1.35. The van der Waals surface area contributed by atoms with E-state index in [1.54, 1.807) is 30.5 Å². The van der Waals surface area contributed by atoms with Gasteiger partial charge in [-0.15, -0.1) is 0 Å². The summed E-state index contributed by atoms with van der Waals surface area (Å²) in [4.78, 5) is 9.38. The monoisotopic (exact) mass is 458 g/mol. The molecule has 2 aromatic heterocycles. The van der Waals surface area contributed by atoms with Crippen molar-refractivity contribution in [2.75, 3.05) is 0 Å². The summed E-state index contributed by atoms with van der Waals surface area (Å²) in [7, 11) is 0. The molecule has 4 aromatic rings. The number of hydrogen-bond acceptors (Lipinski definition) is 4. The van der Waals surface area contributed by atoms with Gasteiger partial charge in [0.2, 0.25) is 0 Å². The minimum Gasteiger partial charge on any atom is -0.364 e. The van der Waals surface area contributed by atoms with E-state index in [1.165, 1.54) is 12.1 Å². The number of halogens is 5. The molecule has 5 nitrogen and oxygen atoms in total. The topological polar surface area (TPSA) is 58.0 Å². The van der Waals surface area contributed by atoms with Gasteiger partial charge >= 0.3 is 6.18 Å². The predicted octanol–water partition coefficient (Wildman–Crippen LogP) is 6.02. The lowest BCUT2D eigenvalue weighted by atomic mass is 10.0. The SMILES string of the molecule is Fc1ccc(-c2cc(CN3C=Cc4nc(-c5ccccc5F)[nH]c4C3)on2)c(C(F)(F)F)c1. The average Bonchev–Trinajstić information content (AvgIpc) is 3.40. The van der Waals surface area contributed by atoms with Gasteiger partial charge < -0.3 is 14.4 Å². The second-order valence-electron chi connectivity index (χ2n) is 7.52. The van der Waals surface area contributed by atoms with Crippen LogP contribution in [0.1, 0.15) is 22.7 Å². The maximum absolute atomic E-state index is 14.1. The van der Waals surface area contributed by atoms with E-state index < -0.39 is 23.4 Å². The molecule has 1 aliphatic rings. The quantitative estimate of drug-likeness (QED) is 0.380. The number of rotatable bonds is 4. The molecule has 0 spiro atoms. The molecule has 0 amide bonds. The molecule has 1 aliphatic heterocycles. The smallest absolute Gasteiger partial charge is 0.364 e. The third-order valence-electron chi connectivity index (χ3n) is 5.22.